The number of thiophene rings is 1. The zero-order chi connectivity index (χ0) is 24.7. The van der Waals surface area contributed by atoms with Crippen LogP contribution in [0.4, 0.5) is 14.5 Å². The topological polar surface area (TPSA) is 78.8 Å². The van der Waals surface area contributed by atoms with Crippen LogP contribution in [0.15, 0.2) is 35.4 Å². The number of carbonyl (C=O) groups excluding carboxylic acids is 2. The molecule has 0 aliphatic carbocycles. The first-order valence-electron chi connectivity index (χ1n) is 11.5. The van der Waals surface area contributed by atoms with Crippen LogP contribution in [0, 0.1) is 12.7 Å². The molecular formula is C24H25F2N5O3S. The molecule has 2 aromatic heterocycles. The Kier molecular flexibility index (Phi) is 6.26. The average molecular weight is 502 g/mol. The maximum Gasteiger partial charge on any atom is 0.264 e. The smallest absolute Gasteiger partial charge is 0.264 e. The van der Waals surface area contributed by atoms with Crippen LogP contribution in [0.3, 0.4) is 0 Å². The Bertz CT molecular complexity index is 1350. The third-order valence-electron chi connectivity index (χ3n) is 6.66. The van der Waals surface area contributed by atoms with Crippen molar-refractivity contribution in [1.82, 2.24) is 19.4 Å². The molecule has 2 aliphatic heterocycles. The van der Waals surface area contributed by atoms with Crippen molar-refractivity contribution in [2.75, 3.05) is 44.2 Å². The Morgan fingerprint density at radius 1 is 1.11 bits per heavy atom. The fourth-order valence-corrected chi connectivity index (χ4v) is 5.78. The molecule has 5 rings (SSSR count). The van der Waals surface area contributed by atoms with Crippen LogP contribution < -0.4 is 10.5 Å². The first kappa shape index (κ1) is 23.4. The Labute approximate surface area is 204 Å². The van der Waals surface area contributed by atoms with Gasteiger partial charge in [0.25, 0.3) is 11.5 Å². The molecule has 3 aromatic rings. The molecule has 0 N–H and O–H groups in total. The molecule has 11 heteroatoms. The molecule has 2 fully saturated rings. The third kappa shape index (κ3) is 4.40. The lowest BCUT2D eigenvalue weighted by atomic mass is 10.2. The number of rotatable bonds is 4. The van der Waals surface area contributed by atoms with E-state index >= 15 is 0 Å². The van der Waals surface area contributed by atoms with Crippen LogP contribution in [0.2, 0.25) is 0 Å². The SMILES string of the molecule is Cc1c(C(=O)N2CCN(c3ccccc3F)CC2)sc2ncn(CC(=O)N3CC[C@H](F)C3)c(=O)c12. The lowest BCUT2D eigenvalue weighted by molar-refractivity contribution is -0.131. The summed E-state index contributed by atoms with van der Waals surface area (Å²) in [6.45, 7) is 3.74. The van der Waals surface area contributed by atoms with E-state index in [-0.39, 0.29) is 30.7 Å². The van der Waals surface area contributed by atoms with E-state index in [1.165, 1.54) is 21.9 Å². The summed E-state index contributed by atoms with van der Waals surface area (Å²) in [7, 11) is 0. The standard InChI is InChI=1S/C24H25F2N5O3S/c1-15-20-22(27-14-31(23(20)33)13-19(32)30-7-6-16(25)12-30)35-21(15)24(34)29-10-8-28(9-11-29)18-5-3-2-4-17(18)26/h2-5,14,16H,6-13H2,1H3/t16-/m0/s1. The highest BCUT2D eigenvalue weighted by atomic mass is 32.1. The molecule has 2 aliphatic rings. The Morgan fingerprint density at radius 2 is 1.86 bits per heavy atom. The molecular weight excluding hydrogens is 476 g/mol. The summed E-state index contributed by atoms with van der Waals surface area (Å²) in [6.07, 6.45) is 0.586. The molecule has 35 heavy (non-hydrogen) atoms. The van der Waals surface area contributed by atoms with E-state index in [1.807, 2.05) is 4.90 Å². The van der Waals surface area contributed by atoms with E-state index in [0.717, 1.165) is 11.3 Å². The van der Waals surface area contributed by atoms with Crippen LogP contribution in [0.25, 0.3) is 10.2 Å². The van der Waals surface area contributed by atoms with Gasteiger partial charge in [0.15, 0.2) is 0 Å². The van der Waals surface area contributed by atoms with Gasteiger partial charge in [-0.3, -0.25) is 19.0 Å². The lowest BCUT2D eigenvalue weighted by Crippen LogP contribution is -2.49. The van der Waals surface area contributed by atoms with Crippen LogP contribution in [-0.4, -0.2) is 76.6 Å². The first-order valence-corrected chi connectivity index (χ1v) is 12.3. The number of para-hydroxylation sites is 1. The summed E-state index contributed by atoms with van der Waals surface area (Å²) in [4.78, 5) is 49.1. The van der Waals surface area contributed by atoms with Gasteiger partial charge in [-0.1, -0.05) is 12.1 Å². The number of anilines is 1. The van der Waals surface area contributed by atoms with Crippen molar-refractivity contribution < 1.29 is 18.4 Å². The van der Waals surface area contributed by atoms with Crippen molar-refractivity contribution in [1.29, 1.82) is 0 Å². The number of fused-ring (bicyclic) bond motifs is 1. The Morgan fingerprint density at radius 3 is 2.54 bits per heavy atom. The van der Waals surface area contributed by atoms with Crippen LogP contribution >= 0.6 is 11.3 Å². The number of benzene rings is 1. The number of amides is 2. The largest absolute Gasteiger partial charge is 0.366 e. The predicted octanol–water partition coefficient (Wildman–Crippen LogP) is 2.44. The molecule has 0 bridgehead atoms. The van der Waals surface area contributed by atoms with Gasteiger partial charge in [0.2, 0.25) is 5.91 Å². The van der Waals surface area contributed by atoms with Crippen molar-refractivity contribution in [3.8, 4) is 0 Å². The van der Waals surface area contributed by atoms with Crippen LogP contribution in [0.1, 0.15) is 21.7 Å². The van der Waals surface area contributed by atoms with Crippen molar-refractivity contribution in [3.63, 3.8) is 0 Å². The summed E-state index contributed by atoms with van der Waals surface area (Å²) < 4.78 is 28.8. The third-order valence-corrected chi connectivity index (χ3v) is 7.85. The molecule has 2 amide bonds. The Hall–Kier alpha value is -3.34. The molecule has 8 nitrogen and oxygen atoms in total. The monoisotopic (exact) mass is 501 g/mol. The van der Waals surface area contributed by atoms with Crippen molar-refractivity contribution in [2.24, 2.45) is 0 Å². The molecule has 4 heterocycles. The summed E-state index contributed by atoms with van der Waals surface area (Å²) in [6, 6.07) is 6.58. The van der Waals surface area contributed by atoms with Gasteiger partial charge in [0, 0.05) is 32.7 Å². The van der Waals surface area contributed by atoms with Gasteiger partial charge in [0.1, 0.15) is 23.4 Å². The summed E-state index contributed by atoms with van der Waals surface area (Å²) in [5.41, 5.74) is 0.667. The molecule has 0 unspecified atom stereocenters. The fourth-order valence-electron chi connectivity index (χ4n) is 4.67. The van der Waals surface area contributed by atoms with Gasteiger partial charge in [0.05, 0.1) is 28.8 Å². The summed E-state index contributed by atoms with van der Waals surface area (Å²) in [5, 5.41) is 0.323. The number of alkyl halides is 1. The molecule has 0 saturated carbocycles. The minimum Gasteiger partial charge on any atom is -0.366 e. The highest BCUT2D eigenvalue weighted by molar-refractivity contribution is 7.20. The van der Waals surface area contributed by atoms with E-state index in [9.17, 15) is 23.2 Å². The zero-order valence-electron chi connectivity index (χ0n) is 19.2. The molecule has 0 spiro atoms. The number of carbonyl (C=O) groups is 2. The van der Waals surface area contributed by atoms with Gasteiger partial charge >= 0.3 is 0 Å². The van der Waals surface area contributed by atoms with Crippen LogP contribution in [0.5, 0.6) is 0 Å². The normalized spacial score (nSPS) is 18.5. The first-order chi connectivity index (χ1) is 16.8. The van der Waals surface area contributed by atoms with E-state index in [1.54, 1.807) is 30.0 Å². The number of nitrogens with zero attached hydrogens (tertiary/aromatic N) is 5. The van der Waals surface area contributed by atoms with E-state index < -0.39 is 11.7 Å². The number of aryl methyl sites for hydroxylation is 1. The highest BCUT2D eigenvalue weighted by Gasteiger charge is 2.29. The maximum absolute atomic E-state index is 14.1. The average Bonchev–Trinajstić information content (AvgIpc) is 3.44. The lowest BCUT2D eigenvalue weighted by Gasteiger charge is -2.36. The number of piperazine rings is 1. The highest BCUT2D eigenvalue weighted by Crippen LogP contribution is 2.29. The van der Waals surface area contributed by atoms with Crippen molar-refractivity contribution >= 4 is 39.1 Å². The summed E-state index contributed by atoms with van der Waals surface area (Å²) in [5.74, 6) is -0.806. The van der Waals surface area contributed by atoms with Gasteiger partial charge < -0.3 is 14.7 Å². The number of likely N-dealkylation sites (tertiary alicyclic amines) is 1. The van der Waals surface area contributed by atoms with E-state index in [2.05, 4.69) is 4.98 Å². The van der Waals surface area contributed by atoms with E-state index in [4.69, 9.17) is 0 Å². The summed E-state index contributed by atoms with van der Waals surface area (Å²) >= 11 is 1.16. The number of halogens is 2. The van der Waals surface area contributed by atoms with Gasteiger partial charge in [-0.2, -0.15) is 0 Å². The number of hydrogen-bond donors (Lipinski definition) is 0. The maximum atomic E-state index is 14.1. The molecule has 0 radical (unpaired) electrons. The van der Waals surface area contributed by atoms with Crippen LogP contribution in [-0.2, 0) is 11.3 Å². The second-order valence-electron chi connectivity index (χ2n) is 8.87. The quantitative estimate of drug-likeness (QED) is 0.549. The zero-order valence-corrected chi connectivity index (χ0v) is 20.1. The van der Waals surface area contributed by atoms with Gasteiger partial charge in [-0.05, 0) is 31.0 Å². The second-order valence-corrected chi connectivity index (χ2v) is 9.87. The number of aromatic nitrogens is 2. The predicted molar refractivity (Wildman–Crippen MR) is 129 cm³/mol. The van der Waals surface area contributed by atoms with E-state index in [0.29, 0.717) is 65.5 Å². The molecule has 184 valence electrons. The van der Waals surface area contributed by atoms with Gasteiger partial charge in [-0.15, -0.1) is 11.3 Å². The molecule has 2 saturated heterocycles. The second kappa shape index (κ2) is 9.37. The minimum absolute atomic E-state index is 0.0452. The Balaban J connectivity index is 1.33. The molecule has 1 atom stereocenters. The fraction of sp³-hybridized carbons (Fsp3) is 0.417. The van der Waals surface area contributed by atoms with Crippen molar-refractivity contribution in [3.05, 3.63) is 57.2 Å². The molecule has 1 aromatic carbocycles. The minimum atomic E-state index is -1.03. The van der Waals surface area contributed by atoms with Crippen molar-refractivity contribution in [2.45, 2.75) is 26.1 Å². The number of hydrogen-bond acceptors (Lipinski definition) is 6. The van der Waals surface area contributed by atoms with Gasteiger partial charge in [-0.25, -0.2) is 13.8 Å².